The van der Waals surface area contributed by atoms with Crippen LogP contribution in [0.4, 0.5) is 0 Å². The first-order valence-electron chi connectivity index (χ1n) is 12.1. The van der Waals surface area contributed by atoms with Crippen LogP contribution in [0.2, 0.25) is 0 Å². The molecule has 0 nitrogen and oxygen atoms in total. The molecule has 0 bridgehead atoms. The van der Waals surface area contributed by atoms with Gasteiger partial charge in [-0.3, -0.25) is 0 Å². The summed E-state index contributed by atoms with van der Waals surface area (Å²) in [6, 6.07) is 0. The Morgan fingerprint density at radius 1 is 0.360 bits per heavy atom. The third kappa shape index (κ3) is 15.2. The lowest BCUT2D eigenvalue weighted by molar-refractivity contribution is 0.623. The third-order valence-corrected chi connectivity index (χ3v) is 11.3. The Labute approximate surface area is 162 Å². The van der Waals surface area contributed by atoms with Crippen molar-refractivity contribution in [3.05, 3.63) is 0 Å². The van der Waals surface area contributed by atoms with Gasteiger partial charge in [0.25, 0.3) is 0 Å². The summed E-state index contributed by atoms with van der Waals surface area (Å²) >= 11 is 0. The molecule has 0 fully saturated rings. The molecule has 0 N–H and O–H groups in total. The molecule has 0 aromatic carbocycles. The average molecular weight is 372 g/mol. The van der Waals surface area contributed by atoms with Gasteiger partial charge in [0.1, 0.15) is 0 Å². The van der Waals surface area contributed by atoms with Crippen molar-refractivity contribution in [2.24, 2.45) is 0 Å². The van der Waals surface area contributed by atoms with E-state index in [-0.39, 0.29) is 0 Å². The number of rotatable bonds is 20. The Balaban J connectivity index is 4.22. The molecule has 1 heteroatoms. The molecule has 0 heterocycles. The first-order valence-corrected chi connectivity index (χ1v) is 14.6. The van der Waals surface area contributed by atoms with Crippen LogP contribution in [0.5, 0.6) is 0 Å². The molecule has 0 spiro atoms. The smallest absolute Gasteiger partial charge is 0.0594 e. The SMILES string of the molecule is CCCCCCCC[P+](CC)(CCCCCCC)CCCCCCC. The van der Waals surface area contributed by atoms with Crippen molar-refractivity contribution in [3.8, 4) is 0 Å². The van der Waals surface area contributed by atoms with Gasteiger partial charge in [0.05, 0.1) is 24.6 Å². The molecule has 0 radical (unpaired) electrons. The molecule has 0 atom stereocenters. The lowest BCUT2D eigenvalue weighted by atomic mass is 10.1. The van der Waals surface area contributed by atoms with Gasteiger partial charge in [-0.1, -0.05) is 85.0 Å². The van der Waals surface area contributed by atoms with Crippen LogP contribution in [0.15, 0.2) is 0 Å². The first kappa shape index (κ1) is 25.4. The second-order valence-electron chi connectivity index (χ2n) is 8.42. The third-order valence-electron chi connectivity index (χ3n) is 6.13. The van der Waals surface area contributed by atoms with Crippen molar-refractivity contribution < 1.29 is 0 Å². The second-order valence-corrected chi connectivity index (χ2v) is 13.1. The topological polar surface area (TPSA) is 0 Å². The van der Waals surface area contributed by atoms with Gasteiger partial charge in [-0.2, -0.15) is 0 Å². The molecule has 0 aliphatic rings. The van der Waals surface area contributed by atoms with E-state index in [9.17, 15) is 0 Å². The van der Waals surface area contributed by atoms with Crippen LogP contribution >= 0.6 is 7.26 Å². The summed E-state index contributed by atoms with van der Waals surface area (Å²) in [4.78, 5) is 0. The quantitative estimate of drug-likeness (QED) is 0.148. The zero-order valence-corrected chi connectivity index (χ0v) is 19.5. The van der Waals surface area contributed by atoms with Gasteiger partial charge in [0, 0.05) is 7.26 Å². The van der Waals surface area contributed by atoms with Crippen LogP contribution in [0.3, 0.4) is 0 Å². The highest BCUT2D eigenvalue weighted by atomic mass is 31.2. The summed E-state index contributed by atoms with van der Waals surface area (Å²) in [5.41, 5.74) is 0. The first-order chi connectivity index (χ1) is 12.2. The van der Waals surface area contributed by atoms with Gasteiger partial charge in [0.2, 0.25) is 0 Å². The van der Waals surface area contributed by atoms with E-state index in [1.54, 1.807) is 18.5 Å². The Bertz CT molecular complexity index is 234. The van der Waals surface area contributed by atoms with Gasteiger partial charge in [0.15, 0.2) is 0 Å². The van der Waals surface area contributed by atoms with Crippen molar-refractivity contribution in [2.75, 3.05) is 24.6 Å². The molecule has 0 unspecified atom stereocenters. The van der Waals surface area contributed by atoms with Crippen molar-refractivity contribution in [1.82, 2.24) is 0 Å². The fourth-order valence-corrected chi connectivity index (χ4v) is 8.44. The predicted molar refractivity (Wildman–Crippen MR) is 123 cm³/mol. The zero-order chi connectivity index (χ0) is 18.6. The van der Waals surface area contributed by atoms with E-state index in [1.165, 1.54) is 109 Å². The summed E-state index contributed by atoms with van der Waals surface area (Å²) in [5, 5.41) is 0. The maximum atomic E-state index is 2.53. The van der Waals surface area contributed by atoms with Gasteiger partial charge in [-0.15, -0.1) is 0 Å². The fraction of sp³-hybridized carbons (Fsp3) is 1.00. The number of hydrogen-bond acceptors (Lipinski definition) is 0. The molecule has 0 aliphatic heterocycles. The van der Waals surface area contributed by atoms with Crippen LogP contribution in [0.1, 0.15) is 130 Å². The summed E-state index contributed by atoms with van der Waals surface area (Å²) < 4.78 is 0. The maximum absolute atomic E-state index is 2.53. The van der Waals surface area contributed by atoms with E-state index in [1.807, 2.05) is 0 Å². The Hall–Kier alpha value is 0.430. The van der Waals surface area contributed by atoms with Crippen molar-refractivity contribution in [3.63, 3.8) is 0 Å². The van der Waals surface area contributed by atoms with Crippen molar-refractivity contribution in [1.29, 1.82) is 0 Å². The Kier molecular flexibility index (Phi) is 19.5. The molecule has 0 rings (SSSR count). The van der Waals surface area contributed by atoms with Gasteiger partial charge < -0.3 is 0 Å². The van der Waals surface area contributed by atoms with Gasteiger partial charge in [-0.05, 0) is 45.4 Å². The monoisotopic (exact) mass is 371 g/mol. The largest absolute Gasteiger partial charge is 0.0654 e. The van der Waals surface area contributed by atoms with Gasteiger partial charge in [-0.25, -0.2) is 0 Å². The highest BCUT2D eigenvalue weighted by molar-refractivity contribution is 7.75. The molecular weight excluding hydrogens is 319 g/mol. The van der Waals surface area contributed by atoms with Crippen LogP contribution < -0.4 is 0 Å². The fourth-order valence-electron chi connectivity index (χ4n) is 4.14. The van der Waals surface area contributed by atoms with Crippen LogP contribution in [-0.4, -0.2) is 24.6 Å². The molecule has 0 saturated carbocycles. The Morgan fingerprint density at radius 3 is 0.920 bits per heavy atom. The predicted octanol–water partition coefficient (Wildman–Crippen LogP) is 9.33. The molecule has 25 heavy (non-hydrogen) atoms. The summed E-state index contributed by atoms with van der Waals surface area (Å²) in [7, 11) is -0.630. The molecule has 152 valence electrons. The van der Waals surface area contributed by atoms with Crippen LogP contribution in [-0.2, 0) is 0 Å². The van der Waals surface area contributed by atoms with E-state index in [2.05, 4.69) is 27.7 Å². The van der Waals surface area contributed by atoms with Crippen molar-refractivity contribution in [2.45, 2.75) is 130 Å². The number of hydrogen-bond donors (Lipinski definition) is 0. The van der Waals surface area contributed by atoms with E-state index >= 15 is 0 Å². The minimum atomic E-state index is -0.630. The summed E-state index contributed by atoms with van der Waals surface area (Å²) in [6.45, 7) is 9.52. The van der Waals surface area contributed by atoms with E-state index < -0.39 is 7.26 Å². The number of unbranched alkanes of at least 4 members (excludes halogenated alkanes) is 13. The van der Waals surface area contributed by atoms with E-state index in [0.717, 1.165) is 0 Å². The molecule has 0 aliphatic carbocycles. The van der Waals surface area contributed by atoms with E-state index in [4.69, 9.17) is 0 Å². The van der Waals surface area contributed by atoms with E-state index in [0.29, 0.717) is 0 Å². The highest BCUT2D eigenvalue weighted by Gasteiger charge is 2.33. The average Bonchev–Trinajstić information content (AvgIpc) is 2.63. The van der Waals surface area contributed by atoms with Crippen LogP contribution in [0.25, 0.3) is 0 Å². The Morgan fingerprint density at radius 2 is 0.640 bits per heavy atom. The molecule has 0 saturated heterocycles. The molecule has 0 amide bonds. The summed E-state index contributed by atoms with van der Waals surface area (Å²) in [5.74, 6) is 0. The second kappa shape index (κ2) is 19.2. The normalized spacial score (nSPS) is 12.0. The minimum Gasteiger partial charge on any atom is -0.0654 e. The van der Waals surface area contributed by atoms with Gasteiger partial charge >= 0.3 is 0 Å². The summed E-state index contributed by atoms with van der Waals surface area (Å²) in [6.07, 6.45) is 29.9. The standard InChI is InChI=1S/C24H52P/c1-5-9-12-15-18-21-24-25(8-4,22-19-16-13-10-6-2)23-20-17-14-11-7-3/h5-24H2,1-4H3/q+1. The molecular formula is C24H52P+. The minimum absolute atomic E-state index is 0.630. The lowest BCUT2D eigenvalue weighted by Crippen LogP contribution is -2.11. The maximum Gasteiger partial charge on any atom is 0.0594 e. The molecule has 0 aromatic heterocycles. The van der Waals surface area contributed by atoms with Crippen molar-refractivity contribution >= 4 is 7.26 Å². The lowest BCUT2D eigenvalue weighted by Gasteiger charge is -2.27. The van der Waals surface area contributed by atoms with Crippen LogP contribution in [0, 0.1) is 0 Å². The zero-order valence-electron chi connectivity index (χ0n) is 18.6. The molecule has 0 aromatic rings. The highest BCUT2D eigenvalue weighted by Crippen LogP contribution is 2.60.